The van der Waals surface area contributed by atoms with Gasteiger partial charge < -0.3 is 9.64 Å². The first kappa shape index (κ1) is 16.3. The predicted molar refractivity (Wildman–Crippen MR) is 98.2 cm³/mol. The molecule has 1 heterocycles. The molecule has 2 aromatic carbocycles. The molecule has 0 radical (unpaired) electrons. The molecule has 0 spiro atoms. The summed E-state index contributed by atoms with van der Waals surface area (Å²) in [6.45, 7) is 2.84. The highest BCUT2D eigenvalue weighted by molar-refractivity contribution is 6.01. The van der Waals surface area contributed by atoms with Crippen LogP contribution in [0.5, 0.6) is 5.75 Å². The molecule has 1 amide bonds. The number of hydrogen-bond donors (Lipinski definition) is 0. The van der Waals surface area contributed by atoms with Gasteiger partial charge in [-0.25, -0.2) is 0 Å². The number of amides is 1. The Bertz CT molecular complexity index is 721. The Morgan fingerprint density at radius 1 is 1.12 bits per heavy atom. The number of ether oxygens (including phenoxy) is 1. The molecule has 1 aliphatic heterocycles. The van der Waals surface area contributed by atoms with E-state index >= 15 is 0 Å². The Morgan fingerprint density at radius 2 is 1.83 bits per heavy atom. The molecule has 1 saturated heterocycles. The van der Waals surface area contributed by atoms with Crippen molar-refractivity contribution in [3.8, 4) is 5.75 Å². The van der Waals surface area contributed by atoms with Crippen molar-refractivity contribution in [2.45, 2.75) is 19.8 Å². The lowest BCUT2D eigenvalue weighted by Crippen LogP contribution is -2.33. The molecule has 0 aromatic heterocycles. The average molecular weight is 321 g/mol. The fraction of sp³-hybridized carbons (Fsp3) is 0.286. The van der Waals surface area contributed by atoms with Crippen molar-refractivity contribution in [1.29, 1.82) is 0 Å². The summed E-state index contributed by atoms with van der Waals surface area (Å²) in [5.74, 6) is 0.985. The number of methoxy groups -OCH3 is 1. The molecule has 24 heavy (non-hydrogen) atoms. The molecule has 3 nitrogen and oxygen atoms in total. The van der Waals surface area contributed by atoms with Gasteiger partial charge in [-0.15, -0.1) is 0 Å². The molecule has 3 rings (SSSR count). The van der Waals surface area contributed by atoms with Crippen molar-refractivity contribution in [2.24, 2.45) is 5.41 Å². The summed E-state index contributed by atoms with van der Waals surface area (Å²) in [6, 6.07) is 17.8. The smallest absolute Gasteiger partial charge is 0.237 e. The van der Waals surface area contributed by atoms with Gasteiger partial charge in [0.1, 0.15) is 5.75 Å². The van der Waals surface area contributed by atoms with Crippen LogP contribution in [-0.2, 0) is 4.79 Å². The first-order valence-electron chi connectivity index (χ1n) is 8.39. The van der Waals surface area contributed by atoms with E-state index in [0.29, 0.717) is 0 Å². The normalized spacial score (nSPS) is 20.8. The second-order valence-electron chi connectivity index (χ2n) is 6.16. The number of nitrogens with zero attached hydrogens (tertiary/aromatic N) is 1. The molecule has 0 bridgehead atoms. The molecule has 0 N–H and O–H groups in total. The minimum atomic E-state index is -0.407. The van der Waals surface area contributed by atoms with E-state index in [2.05, 4.69) is 31.2 Å². The molecule has 1 atom stereocenters. The van der Waals surface area contributed by atoms with Crippen LogP contribution in [0.4, 0.5) is 5.69 Å². The van der Waals surface area contributed by atoms with E-state index in [1.165, 1.54) is 0 Å². The van der Waals surface area contributed by atoms with Crippen molar-refractivity contribution < 1.29 is 9.53 Å². The lowest BCUT2D eigenvalue weighted by molar-refractivity contribution is -0.123. The minimum absolute atomic E-state index is 0.183. The molecule has 0 unspecified atom stereocenters. The first-order chi connectivity index (χ1) is 11.7. The van der Waals surface area contributed by atoms with E-state index < -0.39 is 5.41 Å². The van der Waals surface area contributed by atoms with Gasteiger partial charge in [-0.2, -0.15) is 0 Å². The zero-order valence-corrected chi connectivity index (χ0v) is 14.2. The summed E-state index contributed by atoms with van der Waals surface area (Å²) in [5, 5.41) is 0. The summed E-state index contributed by atoms with van der Waals surface area (Å²) in [7, 11) is 1.65. The number of anilines is 1. The highest BCUT2D eigenvalue weighted by Gasteiger charge is 2.43. The van der Waals surface area contributed by atoms with Crippen LogP contribution in [0, 0.1) is 5.41 Å². The second-order valence-corrected chi connectivity index (χ2v) is 6.16. The Hall–Kier alpha value is -2.55. The number of carbonyl (C=O) groups is 1. The van der Waals surface area contributed by atoms with Crippen LogP contribution < -0.4 is 9.64 Å². The fourth-order valence-electron chi connectivity index (χ4n) is 3.22. The monoisotopic (exact) mass is 321 g/mol. The number of carbonyl (C=O) groups excluding carboxylic acids is 1. The second kappa shape index (κ2) is 6.91. The minimum Gasteiger partial charge on any atom is -0.497 e. The van der Waals surface area contributed by atoms with E-state index in [1.807, 2.05) is 47.4 Å². The molecular formula is C21H23NO2. The number of hydrogen-bond acceptors (Lipinski definition) is 2. The average Bonchev–Trinajstić information content (AvgIpc) is 2.98. The number of benzene rings is 2. The molecule has 0 aliphatic carbocycles. The summed E-state index contributed by atoms with van der Waals surface area (Å²) >= 11 is 0. The fourth-order valence-corrected chi connectivity index (χ4v) is 3.22. The van der Waals surface area contributed by atoms with Gasteiger partial charge in [0.25, 0.3) is 0 Å². The quantitative estimate of drug-likeness (QED) is 0.809. The van der Waals surface area contributed by atoms with Crippen molar-refractivity contribution in [2.75, 3.05) is 18.6 Å². The molecule has 1 aliphatic rings. The molecule has 124 valence electrons. The largest absolute Gasteiger partial charge is 0.497 e. The van der Waals surface area contributed by atoms with Crippen LogP contribution in [0.15, 0.2) is 60.7 Å². The Morgan fingerprint density at radius 3 is 2.46 bits per heavy atom. The molecular weight excluding hydrogens is 298 g/mol. The van der Waals surface area contributed by atoms with E-state index in [-0.39, 0.29) is 5.91 Å². The van der Waals surface area contributed by atoms with Gasteiger partial charge in [0.05, 0.1) is 12.5 Å². The standard InChI is InChI=1S/C21H23NO2/c1-3-21(14-13-17-7-5-4-6-8-17)15-16-22(20(21)23)18-9-11-19(24-2)12-10-18/h4-14H,3,15-16H2,1-2H3/b14-13+/t21-/m1/s1. The third-order valence-electron chi connectivity index (χ3n) is 4.86. The van der Waals surface area contributed by atoms with Crippen LogP contribution in [-0.4, -0.2) is 19.6 Å². The van der Waals surface area contributed by atoms with Crippen molar-refractivity contribution in [3.63, 3.8) is 0 Å². The summed E-state index contributed by atoms with van der Waals surface area (Å²) in [5.41, 5.74) is 1.65. The van der Waals surface area contributed by atoms with E-state index in [4.69, 9.17) is 4.74 Å². The SMILES string of the molecule is CC[C@@]1(/C=C/c2ccccc2)CCN(c2ccc(OC)cc2)C1=O. The lowest BCUT2D eigenvalue weighted by atomic mass is 9.82. The molecule has 0 saturated carbocycles. The van der Waals surface area contributed by atoms with Crippen molar-refractivity contribution in [1.82, 2.24) is 0 Å². The third kappa shape index (κ3) is 3.07. The topological polar surface area (TPSA) is 29.5 Å². The van der Waals surface area contributed by atoms with Gasteiger partial charge in [0, 0.05) is 12.2 Å². The van der Waals surface area contributed by atoms with E-state index in [9.17, 15) is 4.79 Å². The van der Waals surface area contributed by atoms with Crippen LogP contribution in [0.1, 0.15) is 25.3 Å². The maximum atomic E-state index is 13.1. The Labute approximate surface area is 143 Å². The molecule has 2 aromatic rings. The van der Waals surface area contributed by atoms with Gasteiger partial charge in [-0.1, -0.05) is 49.4 Å². The molecule has 3 heteroatoms. The van der Waals surface area contributed by atoms with Crippen molar-refractivity contribution in [3.05, 3.63) is 66.2 Å². The summed E-state index contributed by atoms with van der Waals surface area (Å²) < 4.78 is 5.19. The lowest BCUT2D eigenvalue weighted by Gasteiger charge is -2.23. The highest BCUT2D eigenvalue weighted by atomic mass is 16.5. The van der Waals surface area contributed by atoms with Gasteiger partial charge in [0.15, 0.2) is 0 Å². The predicted octanol–water partition coefficient (Wildman–Crippen LogP) is 4.54. The maximum Gasteiger partial charge on any atom is 0.237 e. The van der Waals surface area contributed by atoms with Gasteiger partial charge in [0.2, 0.25) is 5.91 Å². The maximum absolute atomic E-state index is 13.1. The highest BCUT2D eigenvalue weighted by Crippen LogP contribution is 2.39. The third-order valence-corrected chi connectivity index (χ3v) is 4.86. The Kier molecular flexibility index (Phi) is 4.70. The Balaban J connectivity index is 1.83. The number of rotatable bonds is 5. The first-order valence-corrected chi connectivity index (χ1v) is 8.39. The van der Waals surface area contributed by atoms with E-state index in [1.54, 1.807) is 7.11 Å². The van der Waals surface area contributed by atoms with Crippen molar-refractivity contribution >= 4 is 17.7 Å². The zero-order chi connectivity index (χ0) is 17.0. The van der Waals surface area contributed by atoms with Gasteiger partial charge in [-0.05, 0) is 42.7 Å². The van der Waals surface area contributed by atoms with Gasteiger partial charge >= 0.3 is 0 Å². The van der Waals surface area contributed by atoms with E-state index in [0.717, 1.165) is 36.4 Å². The van der Waals surface area contributed by atoms with Crippen LogP contribution in [0.25, 0.3) is 6.08 Å². The zero-order valence-electron chi connectivity index (χ0n) is 14.2. The van der Waals surface area contributed by atoms with Crippen LogP contribution in [0.3, 0.4) is 0 Å². The summed E-state index contributed by atoms with van der Waals surface area (Å²) in [4.78, 5) is 15.0. The van der Waals surface area contributed by atoms with Crippen LogP contribution in [0.2, 0.25) is 0 Å². The van der Waals surface area contributed by atoms with Crippen LogP contribution >= 0.6 is 0 Å². The summed E-state index contributed by atoms with van der Waals surface area (Å²) in [6.07, 6.45) is 5.81. The molecule has 1 fully saturated rings. The van der Waals surface area contributed by atoms with Gasteiger partial charge in [-0.3, -0.25) is 4.79 Å².